The summed E-state index contributed by atoms with van der Waals surface area (Å²) in [6.07, 6.45) is 3.98. The largest absolute Gasteiger partial charge is 0.496 e. The minimum absolute atomic E-state index is 0.744. The van der Waals surface area contributed by atoms with Gasteiger partial charge in [0.15, 0.2) is 0 Å². The molecule has 0 radical (unpaired) electrons. The number of halogens is 1. The van der Waals surface area contributed by atoms with Crippen LogP contribution in [0.25, 0.3) is 10.9 Å². The van der Waals surface area contributed by atoms with Crippen molar-refractivity contribution in [1.29, 1.82) is 0 Å². The monoisotopic (exact) mass is 344 g/mol. The van der Waals surface area contributed by atoms with Crippen LogP contribution in [0.3, 0.4) is 0 Å². The highest BCUT2D eigenvalue weighted by atomic mass is 79.9. The molecule has 21 heavy (non-hydrogen) atoms. The number of aryl methyl sites for hydroxylation is 1. The molecule has 0 N–H and O–H groups in total. The molecule has 0 saturated heterocycles. The van der Waals surface area contributed by atoms with Crippen LogP contribution in [0.5, 0.6) is 5.75 Å². The summed E-state index contributed by atoms with van der Waals surface area (Å²) in [5, 5.41) is 1.22. The summed E-state index contributed by atoms with van der Waals surface area (Å²) < 4.78 is 8.79. The predicted molar refractivity (Wildman–Crippen MR) is 89.0 cm³/mol. The fourth-order valence-electron chi connectivity index (χ4n) is 2.70. The maximum atomic E-state index is 5.48. The van der Waals surface area contributed by atoms with Gasteiger partial charge in [-0.3, -0.25) is 4.98 Å². The van der Waals surface area contributed by atoms with Crippen molar-refractivity contribution in [2.45, 2.75) is 20.4 Å². The highest BCUT2D eigenvalue weighted by molar-refractivity contribution is 9.10. The molecule has 0 fully saturated rings. The summed E-state index contributed by atoms with van der Waals surface area (Å²) in [6, 6.07) is 8.44. The molecule has 3 nitrogen and oxygen atoms in total. The summed E-state index contributed by atoms with van der Waals surface area (Å²) >= 11 is 3.51. The Morgan fingerprint density at radius 1 is 1.24 bits per heavy atom. The molecule has 0 aliphatic rings. The number of benzene rings is 1. The molecule has 0 saturated carbocycles. The van der Waals surface area contributed by atoms with E-state index >= 15 is 0 Å². The van der Waals surface area contributed by atoms with Crippen molar-refractivity contribution in [3.8, 4) is 5.75 Å². The fourth-order valence-corrected chi connectivity index (χ4v) is 3.08. The minimum atomic E-state index is 0.744. The van der Waals surface area contributed by atoms with E-state index in [1.54, 1.807) is 7.11 Å². The van der Waals surface area contributed by atoms with E-state index in [0.29, 0.717) is 0 Å². The van der Waals surface area contributed by atoms with Crippen LogP contribution < -0.4 is 4.74 Å². The molecule has 0 spiro atoms. The number of ether oxygens (including phenoxy) is 1. The molecule has 108 valence electrons. The van der Waals surface area contributed by atoms with Crippen LogP contribution >= 0.6 is 15.9 Å². The van der Waals surface area contributed by atoms with Crippen LogP contribution in [0.15, 0.2) is 41.1 Å². The number of pyridine rings is 1. The Labute approximate surface area is 132 Å². The van der Waals surface area contributed by atoms with E-state index in [9.17, 15) is 0 Å². The zero-order chi connectivity index (χ0) is 15.0. The Bertz CT molecular complexity index is 808. The molecular weight excluding hydrogens is 328 g/mol. The van der Waals surface area contributed by atoms with Gasteiger partial charge in [0.1, 0.15) is 5.75 Å². The van der Waals surface area contributed by atoms with Crippen molar-refractivity contribution in [2.75, 3.05) is 7.11 Å². The van der Waals surface area contributed by atoms with Gasteiger partial charge in [0.25, 0.3) is 0 Å². The first-order valence-electron chi connectivity index (χ1n) is 6.83. The summed E-state index contributed by atoms with van der Waals surface area (Å²) in [4.78, 5) is 4.58. The first kappa shape index (κ1) is 14.1. The van der Waals surface area contributed by atoms with Crippen LogP contribution in [-0.2, 0) is 6.54 Å². The SMILES string of the molecule is COc1c(C)cnc(Cn2ccc3cc(Br)ccc32)c1C. The second kappa shape index (κ2) is 5.53. The van der Waals surface area contributed by atoms with E-state index < -0.39 is 0 Å². The van der Waals surface area contributed by atoms with Gasteiger partial charge in [-0.05, 0) is 38.1 Å². The molecule has 0 atom stereocenters. The van der Waals surface area contributed by atoms with Crippen LogP contribution in [0.1, 0.15) is 16.8 Å². The number of aromatic nitrogens is 2. The Morgan fingerprint density at radius 3 is 2.81 bits per heavy atom. The topological polar surface area (TPSA) is 27.1 Å². The van der Waals surface area contributed by atoms with E-state index in [0.717, 1.165) is 33.6 Å². The third-order valence-corrected chi connectivity index (χ3v) is 4.30. The molecule has 2 heterocycles. The Hall–Kier alpha value is -1.81. The average Bonchev–Trinajstić information content (AvgIpc) is 2.85. The number of hydrogen-bond acceptors (Lipinski definition) is 2. The first-order chi connectivity index (χ1) is 10.1. The van der Waals surface area contributed by atoms with Crippen LogP contribution in [-0.4, -0.2) is 16.7 Å². The van der Waals surface area contributed by atoms with Gasteiger partial charge in [0, 0.05) is 38.9 Å². The number of methoxy groups -OCH3 is 1. The van der Waals surface area contributed by atoms with Crippen LogP contribution in [0.4, 0.5) is 0 Å². The zero-order valence-corrected chi connectivity index (χ0v) is 13.9. The van der Waals surface area contributed by atoms with Gasteiger partial charge in [-0.25, -0.2) is 0 Å². The predicted octanol–water partition coefficient (Wildman–Crippen LogP) is 4.47. The lowest BCUT2D eigenvalue weighted by Gasteiger charge is -2.13. The van der Waals surface area contributed by atoms with Crippen molar-refractivity contribution in [2.24, 2.45) is 0 Å². The normalized spacial score (nSPS) is 11.0. The van der Waals surface area contributed by atoms with E-state index in [4.69, 9.17) is 4.74 Å². The standard InChI is InChI=1S/C17H17BrN2O/c1-11-9-19-15(12(2)17(11)21-3)10-20-7-6-13-8-14(18)4-5-16(13)20/h4-9H,10H2,1-3H3. The Kier molecular flexibility index (Phi) is 3.72. The highest BCUT2D eigenvalue weighted by Crippen LogP contribution is 2.26. The average molecular weight is 345 g/mol. The second-order valence-electron chi connectivity index (χ2n) is 5.19. The summed E-state index contributed by atoms with van der Waals surface area (Å²) in [5.41, 5.74) is 4.42. The molecule has 0 aliphatic heterocycles. The summed E-state index contributed by atoms with van der Waals surface area (Å²) in [5.74, 6) is 0.930. The second-order valence-corrected chi connectivity index (χ2v) is 6.11. The fraction of sp³-hybridized carbons (Fsp3) is 0.235. The van der Waals surface area contributed by atoms with Crippen molar-refractivity contribution < 1.29 is 4.74 Å². The van der Waals surface area contributed by atoms with Crippen molar-refractivity contribution in [1.82, 2.24) is 9.55 Å². The van der Waals surface area contributed by atoms with E-state index in [2.05, 4.69) is 62.9 Å². The molecule has 0 unspecified atom stereocenters. The lowest BCUT2D eigenvalue weighted by Crippen LogP contribution is -2.05. The molecule has 3 rings (SSSR count). The van der Waals surface area contributed by atoms with Gasteiger partial charge in [-0.2, -0.15) is 0 Å². The third kappa shape index (κ3) is 2.56. The maximum absolute atomic E-state index is 5.48. The maximum Gasteiger partial charge on any atom is 0.128 e. The number of fused-ring (bicyclic) bond motifs is 1. The first-order valence-corrected chi connectivity index (χ1v) is 7.63. The number of hydrogen-bond donors (Lipinski definition) is 0. The molecule has 2 aromatic heterocycles. The Morgan fingerprint density at radius 2 is 2.05 bits per heavy atom. The van der Waals surface area contributed by atoms with Gasteiger partial charge >= 0.3 is 0 Å². The van der Waals surface area contributed by atoms with Crippen molar-refractivity contribution in [3.05, 3.63) is 58.0 Å². The molecule has 0 bridgehead atoms. The van der Waals surface area contributed by atoms with Crippen LogP contribution in [0, 0.1) is 13.8 Å². The van der Waals surface area contributed by atoms with Crippen molar-refractivity contribution in [3.63, 3.8) is 0 Å². The van der Waals surface area contributed by atoms with E-state index in [1.165, 1.54) is 10.9 Å². The van der Waals surface area contributed by atoms with Crippen molar-refractivity contribution >= 4 is 26.8 Å². The molecule has 0 amide bonds. The summed E-state index contributed by atoms with van der Waals surface area (Å²) in [6.45, 7) is 4.83. The zero-order valence-electron chi connectivity index (χ0n) is 12.4. The number of rotatable bonds is 3. The molecule has 0 aliphatic carbocycles. The van der Waals surface area contributed by atoms with Gasteiger partial charge in [0.2, 0.25) is 0 Å². The van der Waals surface area contributed by atoms with E-state index in [-0.39, 0.29) is 0 Å². The quantitative estimate of drug-likeness (QED) is 0.700. The summed E-state index contributed by atoms with van der Waals surface area (Å²) in [7, 11) is 1.71. The molecule has 4 heteroatoms. The highest BCUT2D eigenvalue weighted by Gasteiger charge is 2.11. The minimum Gasteiger partial charge on any atom is -0.496 e. The smallest absolute Gasteiger partial charge is 0.128 e. The van der Waals surface area contributed by atoms with E-state index in [1.807, 2.05) is 13.1 Å². The molecular formula is C17H17BrN2O. The van der Waals surface area contributed by atoms with Gasteiger partial charge in [-0.15, -0.1) is 0 Å². The lowest BCUT2D eigenvalue weighted by atomic mass is 10.1. The third-order valence-electron chi connectivity index (χ3n) is 3.80. The molecule has 3 aromatic rings. The van der Waals surface area contributed by atoms with Crippen LogP contribution in [0.2, 0.25) is 0 Å². The van der Waals surface area contributed by atoms with Gasteiger partial charge < -0.3 is 9.30 Å². The van der Waals surface area contributed by atoms with Gasteiger partial charge in [-0.1, -0.05) is 15.9 Å². The van der Waals surface area contributed by atoms with Gasteiger partial charge in [0.05, 0.1) is 19.3 Å². The molecule has 1 aromatic carbocycles. The Balaban J connectivity index is 2.03. The number of nitrogens with zero attached hydrogens (tertiary/aromatic N) is 2. The lowest BCUT2D eigenvalue weighted by molar-refractivity contribution is 0.406.